The molecule has 1 atom stereocenters. The number of hydrogen-bond donors (Lipinski definition) is 1. The zero-order chi connectivity index (χ0) is 24.8. The number of halogens is 1. The predicted octanol–water partition coefficient (Wildman–Crippen LogP) is 5.08. The van der Waals surface area contributed by atoms with Crippen molar-refractivity contribution in [3.8, 4) is 11.5 Å². The number of thiazole rings is 1. The van der Waals surface area contributed by atoms with Gasteiger partial charge in [-0.1, -0.05) is 65.4 Å². The number of ether oxygens (including phenoxy) is 1. The van der Waals surface area contributed by atoms with Crippen LogP contribution in [0.25, 0.3) is 11.8 Å². The maximum absolute atomic E-state index is 13.8. The molecule has 5 nitrogen and oxygen atoms in total. The summed E-state index contributed by atoms with van der Waals surface area (Å²) in [5, 5.41) is 10.7. The lowest BCUT2D eigenvalue weighted by Gasteiger charge is -2.30. The molecule has 0 amide bonds. The minimum absolute atomic E-state index is 0.0736. The van der Waals surface area contributed by atoms with Gasteiger partial charge < -0.3 is 9.84 Å². The number of phenols is 1. The molecule has 36 heavy (non-hydrogen) atoms. The Morgan fingerprint density at radius 2 is 1.94 bits per heavy atom. The van der Waals surface area contributed by atoms with Crippen LogP contribution in [0.2, 0.25) is 5.02 Å². The number of benzene rings is 3. The molecule has 1 unspecified atom stereocenters. The van der Waals surface area contributed by atoms with Crippen molar-refractivity contribution in [2.75, 3.05) is 6.61 Å². The smallest absolute Gasteiger partial charge is 0.271 e. The molecule has 180 valence electrons. The Bertz CT molecular complexity index is 1700. The highest BCUT2D eigenvalue weighted by atomic mass is 35.5. The van der Waals surface area contributed by atoms with Crippen molar-refractivity contribution in [2.24, 2.45) is 4.99 Å². The van der Waals surface area contributed by atoms with Crippen LogP contribution in [0.4, 0.5) is 0 Å². The molecule has 3 aromatic carbocycles. The molecule has 1 aromatic heterocycles. The van der Waals surface area contributed by atoms with E-state index in [-0.39, 0.29) is 17.4 Å². The van der Waals surface area contributed by atoms with E-state index in [9.17, 15) is 9.90 Å². The van der Waals surface area contributed by atoms with Crippen molar-refractivity contribution < 1.29 is 9.84 Å². The number of nitrogens with zero attached hydrogens (tertiary/aromatic N) is 2. The summed E-state index contributed by atoms with van der Waals surface area (Å²) in [6.07, 6.45) is 3.58. The summed E-state index contributed by atoms with van der Waals surface area (Å²) in [4.78, 5) is 19.5. The van der Waals surface area contributed by atoms with Crippen LogP contribution in [0.15, 0.2) is 82.1 Å². The summed E-state index contributed by atoms with van der Waals surface area (Å²) < 4.78 is 7.92. The van der Waals surface area contributed by atoms with Crippen LogP contribution in [0.1, 0.15) is 41.6 Å². The quantitative estimate of drug-likeness (QED) is 0.413. The largest absolute Gasteiger partial charge is 0.504 e. The molecular formula is C29H23ClN2O3S. The molecule has 1 aliphatic heterocycles. The third kappa shape index (κ3) is 3.87. The Labute approximate surface area is 216 Å². The van der Waals surface area contributed by atoms with Gasteiger partial charge in [0.2, 0.25) is 0 Å². The van der Waals surface area contributed by atoms with Gasteiger partial charge in [-0.15, -0.1) is 0 Å². The molecule has 0 radical (unpaired) electrons. The second kappa shape index (κ2) is 9.12. The average molecular weight is 515 g/mol. The fraction of sp³-hybridized carbons (Fsp3) is 0.172. The van der Waals surface area contributed by atoms with Gasteiger partial charge in [0.15, 0.2) is 16.3 Å². The first-order valence-electron chi connectivity index (χ1n) is 11.9. The molecule has 4 aromatic rings. The minimum atomic E-state index is -0.247. The van der Waals surface area contributed by atoms with Gasteiger partial charge in [-0.2, -0.15) is 0 Å². The van der Waals surface area contributed by atoms with E-state index in [4.69, 9.17) is 21.3 Å². The zero-order valence-corrected chi connectivity index (χ0v) is 21.1. The monoisotopic (exact) mass is 514 g/mol. The summed E-state index contributed by atoms with van der Waals surface area (Å²) in [5.41, 5.74) is 6.23. The van der Waals surface area contributed by atoms with Crippen molar-refractivity contribution in [3.63, 3.8) is 0 Å². The van der Waals surface area contributed by atoms with Crippen LogP contribution in [0.3, 0.4) is 0 Å². The SMILES string of the molecule is CCOc1cc(C=c2sc3n(c2=O)C(c2ccc(Cl)cc2)C2=C(N=3)c3ccccc3CC2)ccc1O. The van der Waals surface area contributed by atoms with E-state index in [1.54, 1.807) is 18.2 Å². The summed E-state index contributed by atoms with van der Waals surface area (Å²) in [6.45, 7) is 2.30. The van der Waals surface area contributed by atoms with Crippen molar-refractivity contribution >= 4 is 34.7 Å². The van der Waals surface area contributed by atoms with Crippen molar-refractivity contribution in [1.82, 2.24) is 4.57 Å². The Balaban J connectivity index is 1.58. The van der Waals surface area contributed by atoms with E-state index in [2.05, 4.69) is 18.2 Å². The van der Waals surface area contributed by atoms with Gasteiger partial charge in [-0.25, -0.2) is 4.99 Å². The Hall–Kier alpha value is -3.61. The molecule has 0 saturated carbocycles. The molecule has 0 bridgehead atoms. The van der Waals surface area contributed by atoms with Gasteiger partial charge in [0.05, 0.1) is 22.9 Å². The fourth-order valence-electron chi connectivity index (χ4n) is 5.01. The maximum Gasteiger partial charge on any atom is 0.271 e. The molecule has 0 spiro atoms. The number of aromatic hydroxyl groups is 1. The second-order valence-electron chi connectivity index (χ2n) is 8.83. The molecule has 1 N–H and O–H groups in total. The molecule has 7 heteroatoms. The average Bonchev–Trinajstić information content (AvgIpc) is 3.20. The maximum atomic E-state index is 13.8. The fourth-order valence-corrected chi connectivity index (χ4v) is 6.14. The zero-order valence-electron chi connectivity index (χ0n) is 19.6. The van der Waals surface area contributed by atoms with E-state index >= 15 is 0 Å². The molecule has 0 fully saturated rings. The Morgan fingerprint density at radius 1 is 1.14 bits per heavy atom. The summed E-state index contributed by atoms with van der Waals surface area (Å²) in [6, 6.07) is 21.0. The normalized spacial score (nSPS) is 16.7. The molecule has 1 aliphatic carbocycles. The Kier molecular flexibility index (Phi) is 5.78. The third-order valence-electron chi connectivity index (χ3n) is 6.64. The number of allylic oxidation sites excluding steroid dienone is 1. The number of phenolic OH excluding ortho intramolecular Hbond substituents is 1. The van der Waals surface area contributed by atoms with Gasteiger partial charge in [0.1, 0.15) is 0 Å². The number of aromatic nitrogens is 1. The van der Waals surface area contributed by atoms with Crippen molar-refractivity contribution in [2.45, 2.75) is 25.8 Å². The van der Waals surface area contributed by atoms with E-state index < -0.39 is 0 Å². The lowest BCUT2D eigenvalue weighted by Crippen LogP contribution is -2.38. The lowest BCUT2D eigenvalue weighted by atomic mass is 9.83. The molecule has 2 heterocycles. The van der Waals surface area contributed by atoms with Crippen LogP contribution in [0, 0.1) is 0 Å². The minimum Gasteiger partial charge on any atom is -0.504 e. The van der Waals surface area contributed by atoms with Crippen molar-refractivity contribution in [3.05, 3.63) is 119 Å². The molecular weight excluding hydrogens is 492 g/mol. The highest BCUT2D eigenvalue weighted by molar-refractivity contribution is 7.07. The van der Waals surface area contributed by atoms with Gasteiger partial charge in [0.25, 0.3) is 5.56 Å². The van der Waals surface area contributed by atoms with Gasteiger partial charge in [-0.05, 0) is 72.4 Å². The van der Waals surface area contributed by atoms with Crippen molar-refractivity contribution in [1.29, 1.82) is 0 Å². The van der Waals surface area contributed by atoms with Crippen LogP contribution in [0.5, 0.6) is 11.5 Å². The van der Waals surface area contributed by atoms with Gasteiger partial charge >= 0.3 is 0 Å². The van der Waals surface area contributed by atoms with Crippen LogP contribution >= 0.6 is 22.9 Å². The molecule has 2 aliphatic rings. The van der Waals surface area contributed by atoms with E-state index in [0.29, 0.717) is 26.7 Å². The number of rotatable bonds is 4. The number of fused-ring (bicyclic) bond motifs is 3. The highest BCUT2D eigenvalue weighted by Gasteiger charge is 2.32. The van der Waals surface area contributed by atoms with Crippen LogP contribution in [-0.4, -0.2) is 16.3 Å². The first-order valence-corrected chi connectivity index (χ1v) is 13.1. The number of hydrogen-bond acceptors (Lipinski definition) is 5. The Morgan fingerprint density at radius 3 is 2.75 bits per heavy atom. The summed E-state index contributed by atoms with van der Waals surface area (Å²) in [7, 11) is 0. The third-order valence-corrected chi connectivity index (χ3v) is 7.88. The summed E-state index contributed by atoms with van der Waals surface area (Å²) in [5.74, 6) is 0.467. The van der Waals surface area contributed by atoms with Gasteiger partial charge in [0, 0.05) is 10.6 Å². The van der Waals surface area contributed by atoms with E-state index in [1.807, 2.05) is 47.9 Å². The molecule has 6 rings (SSSR count). The molecule has 0 saturated heterocycles. The highest BCUT2D eigenvalue weighted by Crippen LogP contribution is 2.41. The number of aryl methyl sites for hydroxylation is 1. The van der Waals surface area contributed by atoms with E-state index in [1.165, 1.54) is 16.9 Å². The first kappa shape index (κ1) is 22.8. The first-order chi connectivity index (χ1) is 17.5. The topological polar surface area (TPSA) is 63.8 Å². The predicted molar refractivity (Wildman–Crippen MR) is 143 cm³/mol. The summed E-state index contributed by atoms with van der Waals surface area (Å²) >= 11 is 7.57. The lowest BCUT2D eigenvalue weighted by molar-refractivity contribution is 0.318. The standard InChI is InChI=1S/C29H23ClN2O3S/c1-2-35-24-15-17(7-14-23(24)33)16-25-28(34)32-27(19-8-11-20(30)12-9-19)22-13-10-18-5-3-4-6-21(18)26(22)31-29(32)36-25/h3-9,11-12,14-16,27,33H,2,10,13H2,1H3. The van der Waals surface area contributed by atoms with E-state index in [0.717, 1.165) is 40.8 Å². The second-order valence-corrected chi connectivity index (χ2v) is 10.3. The van der Waals surface area contributed by atoms with Crippen LogP contribution < -0.4 is 19.6 Å². The van der Waals surface area contributed by atoms with Crippen LogP contribution in [-0.2, 0) is 6.42 Å². The van der Waals surface area contributed by atoms with Gasteiger partial charge in [-0.3, -0.25) is 9.36 Å².